The molecule has 1 saturated heterocycles. The first-order valence-electron chi connectivity index (χ1n) is 8.52. The lowest BCUT2D eigenvalue weighted by Crippen LogP contribution is -2.42. The number of nitrogens with one attached hydrogen (secondary N) is 1. The summed E-state index contributed by atoms with van der Waals surface area (Å²) >= 11 is 0. The van der Waals surface area contributed by atoms with Gasteiger partial charge in [0.2, 0.25) is 0 Å². The molecule has 0 atom stereocenters. The molecule has 2 aromatic rings. The molecule has 0 bridgehead atoms. The van der Waals surface area contributed by atoms with E-state index in [1.54, 1.807) is 12.3 Å². The Morgan fingerprint density at radius 2 is 1.83 bits per heavy atom. The zero-order valence-corrected chi connectivity index (χ0v) is 14.3. The van der Waals surface area contributed by atoms with E-state index in [1.165, 1.54) is 0 Å². The molecule has 0 amide bonds. The Bertz CT molecular complexity index is 675. The van der Waals surface area contributed by atoms with Crippen molar-refractivity contribution < 1.29 is 9.53 Å². The van der Waals surface area contributed by atoms with E-state index in [4.69, 9.17) is 4.74 Å². The molecule has 2 heterocycles. The van der Waals surface area contributed by atoms with Crippen molar-refractivity contribution in [2.45, 2.75) is 32.3 Å². The summed E-state index contributed by atoms with van der Waals surface area (Å²) in [6.45, 7) is 5.98. The summed E-state index contributed by atoms with van der Waals surface area (Å²) in [5.41, 5.74) is 1.92. The zero-order valence-electron chi connectivity index (χ0n) is 14.3. The molecule has 1 fully saturated rings. The minimum absolute atomic E-state index is 0.300. The van der Waals surface area contributed by atoms with Crippen molar-refractivity contribution in [3.63, 3.8) is 0 Å². The van der Waals surface area contributed by atoms with Gasteiger partial charge in [-0.15, -0.1) is 0 Å². The smallest absolute Gasteiger partial charge is 0.340 e. The van der Waals surface area contributed by atoms with Crippen LogP contribution in [0.2, 0.25) is 0 Å². The number of carbonyl (C=O) groups is 1. The third kappa shape index (κ3) is 3.82. The van der Waals surface area contributed by atoms with Gasteiger partial charge in [0.1, 0.15) is 5.60 Å². The Morgan fingerprint density at radius 3 is 2.46 bits per heavy atom. The van der Waals surface area contributed by atoms with Gasteiger partial charge in [-0.1, -0.05) is 30.3 Å². The Balaban J connectivity index is 1.68. The van der Waals surface area contributed by atoms with Gasteiger partial charge in [-0.05, 0) is 51.9 Å². The number of piperidine rings is 1. The Hall–Kier alpha value is -2.20. The lowest BCUT2D eigenvalue weighted by Gasteiger charge is -2.36. The molecule has 1 aromatic carbocycles. The van der Waals surface area contributed by atoms with Crippen LogP contribution in [0.1, 0.15) is 37.0 Å². The summed E-state index contributed by atoms with van der Waals surface area (Å²) in [7, 11) is 0. The molecular formula is C20H24N2O2. The van der Waals surface area contributed by atoms with E-state index in [0.29, 0.717) is 11.5 Å². The fourth-order valence-electron chi connectivity index (χ4n) is 3.19. The summed E-state index contributed by atoms with van der Waals surface area (Å²) in [5.74, 6) is 0.0879. The lowest BCUT2D eigenvalue weighted by atomic mass is 9.83. The van der Waals surface area contributed by atoms with Crippen molar-refractivity contribution in [2.75, 3.05) is 13.1 Å². The molecule has 1 aliphatic heterocycles. The van der Waals surface area contributed by atoms with Gasteiger partial charge in [-0.3, -0.25) is 4.98 Å². The second-order valence-electron chi connectivity index (χ2n) is 6.82. The predicted molar refractivity (Wildman–Crippen MR) is 94.8 cm³/mol. The van der Waals surface area contributed by atoms with E-state index in [0.717, 1.165) is 37.2 Å². The van der Waals surface area contributed by atoms with Crippen LogP contribution < -0.4 is 5.32 Å². The van der Waals surface area contributed by atoms with Crippen LogP contribution >= 0.6 is 0 Å². The van der Waals surface area contributed by atoms with E-state index in [2.05, 4.69) is 10.3 Å². The van der Waals surface area contributed by atoms with E-state index in [9.17, 15) is 4.79 Å². The highest BCUT2D eigenvalue weighted by molar-refractivity contribution is 5.89. The van der Waals surface area contributed by atoms with Gasteiger partial charge < -0.3 is 10.1 Å². The highest BCUT2D eigenvalue weighted by atomic mass is 16.6. The number of nitrogens with zero attached hydrogens (tertiary/aromatic N) is 1. The van der Waals surface area contributed by atoms with E-state index in [1.807, 2.05) is 50.2 Å². The van der Waals surface area contributed by atoms with Crippen LogP contribution in [0.3, 0.4) is 0 Å². The average Bonchev–Trinajstić information content (AvgIpc) is 2.63. The highest BCUT2D eigenvalue weighted by Crippen LogP contribution is 2.30. The van der Waals surface area contributed by atoms with E-state index in [-0.39, 0.29) is 5.97 Å². The average molecular weight is 324 g/mol. The summed E-state index contributed by atoms with van der Waals surface area (Å²) in [5, 5.41) is 3.34. The molecule has 3 rings (SSSR count). The van der Waals surface area contributed by atoms with Crippen molar-refractivity contribution >= 4 is 5.97 Å². The topological polar surface area (TPSA) is 51.2 Å². The number of pyridine rings is 1. The standard InChI is InChI=1S/C20H24N2O2/c1-20(2,17-10-12-21-13-11-17)24-19(23)16-8-9-18(22-14-16)15-6-4-3-5-7-15/h3-9,14,17,21H,10-13H2,1-2H3. The summed E-state index contributed by atoms with van der Waals surface area (Å²) < 4.78 is 5.80. The van der Waals surface area contributed by atoms with Crippen molar-refractivity contribution in [3.8, 4) is 11.3 Å². The van der Waals surface area contributed by atoms with Crippen LogP contribution in [0.5, 0.6) is 0 Å². The van der Waals surface area contributed by atoms with Crippen molar-refractivity contribution in [1.29, 1.82) is 0 Å². The van der Waals surface area contributed by atoms with E-state index < -0.39 is 5.60 Å². The molecule has 0 saturated carbocycles. The molecular weight excluding hydrogens is 300 g/mol. The van der Waals surface area contributed by atoms with Gasteiger partial charge in [-0.2, -0.15) is 0 Å². The molecule has 1 aromatic heterocycles. The number of benzene rings is 1. The quantitative estimate of drug-likeness (QED) is 0.872. The minimum atomic E-state index is -0.461. The van der Waals surface area contributed by atoms with Crippen LogP contribution in [0.4, 0.5) is 0 Å². The van der Waals surface area contributed by atoms with Crippen LogP contribution in [0, 0.1) is 5.92 Å². The number of aromatic nitrogens is 1. The van der Waals surface area contributed by atoms with Gasteiger partial charge in [0, 0.05) is 17.7 Å². The van der Waals surface area contributed by atoms with Gasteiger partial charge in [0.15, 0.2) is 0 Å². The molecule has 4 nitrogen and oxygen atoms in total. The molecule has 4 heteroatoms. The number of hydrogen-bond acceptors (Lipinski definition) is 4. The highest BCUT2D eigenvalue weighted by Gasteiger charge is 2.34. The first-order valence-corrected chi connectivity index (χ1v) is 8.52. The first-order chi connectivity index (χ1) is 11.6. The van der Waals surface area contributed by atoms with E-state index >= 15 is 0 Å². The Morgan fingerprint density at radius 1 is 1.12 bits per heavy atom. The molecule has 24 heavy (non-hydrogen) atoms. The van der Waals surface area contributed by atoms with Crippen molar-refractivity contribution in [2.24, 2.45) is 5.92 Å². The van der Waals surface area contributed by atoms with Gasteiger partial charge in [-0.25, -0.2) is 4.79 Å². The fourth-order valence-corrected chi connectivity index (χ4v) is 3.19. The van der Waals surface area contributed by atoms with Gasteiger partial charge in [0.25, 0.3) is 0 Å². The summed E-state index contributed by atoms with van der Waals surface area (Å²) in [4.78, 5) is 16.9. The van der Waals surface area contributed by atoms with Crippen LogP contribution in [-0.2, 0) is 4.74 Å². The summed E-state index contributed by atoms with van der Waals surface area (Å²) in [6, 6.07) is 13.6. The molecule has 0 aliphatic carbocycles. The minimum Gasteiger partial charge on any atom is -0.456 e. The van der Waals surface area contributed by atoms with Crippen molar-refractivity contribution in [1.82, 2.24) is 10.3 Å². The van der Waals surface area contributed by atoms with Crippen molar-refractivity contribution in [3.05, 3.63) is 54.2 Å². The number of carbonyl (C=O) groups excluding carboxylic acids is 1. The number of esters is 1. The predicted octanol–water partition coefficient (Wildman–Crippen LogP) is 3.68. The van der Waals surface area contributed by atoms with Crippen LogP contribution in [-0.4, -0.2) is 29.6 Å². The fraction of sp³-hybridized carbons (Fsp3) is 0.400. The first kappa shape index (κ1) is 16.7. The third-order valence-corrected chi connectivity index (χ3v) is 4.75. The second-order valence-corrected chi connectivity index (χ2v) is 6.82. The zero-order chi connectivity index (χ0) is 17.0. The monoisotopic (exact) mass is 324 g/mol. The van der Waals surface area contributed by atoms with Crippen LogP contribution in [0.15, 0.2) is 48.7 Å². The number of ether oxygens (including phenoxy) is 1. The maximum Gasteiger partial charge on any atom is 0.340 e. The molecule has 0 spiro atoms. The lowest BCUT2D eigenvalue weighted by molar-refractivity contribution is -0.0368. The van der Waals surface area contributed by atoms with Gasteiger partial charge >= 0.3 is 5.97 Å². The Labute approximate surface area is 143 Å². The maximum atomic E-state index is 12.5. The SMILES string of the molecule is CC(C)(OC(=O)c1ccc(-c2ccccc2)nc1)C1CCNCC1. The third-order valence-electron chi connectivity index (χ3n) is 4.75. The molecule has 0 radical (unpaired) electrons. The maximum absolute atomic E-state index is 12.5. The number of rotatable bonds is 4. The number of hydrogen-bond donors (Lipinski definition) is 1. The molecule has 126 valence electrons. The molecule has 1 aliphatic rings. The Kier molecular flexibility index (Phi) is 4.95. The molecule has 1 N–H and O–H groups in total. The van der Waals surface area contributed by atoms with Gasteiger partial charge in [0.05, 0.1) is 11.3 Å². The normalized spacial score (nSPS) is 15.9. The molecule has 0 unspecified atom stereocenters. The summed E-state index contributed by atoms with van der Waals surface area (Å²) in [6.07, 6.45) is 3.67. The largest absolute Gasteiger partial charge is 0.456 e. The second kappa shape index (κ2) is 7.14. The van der Waals surface area contributed by atoms with Crippen LogP contribution in [0.25, 0.3) is 11.3 Å².